The summed E-state index contributed by atoms with van der Waals surface area (Å²) < 4.78 is 25.5. The molecule has 0 spiro atoms. The van der Waals surface area contributed by atoms with Crippen molar-refractivity contribution in [3.05, 3.63) is 90.5 Å². The summed E-state index contributed by atoms with van der Waals surface area (Å²) >= 11 is 0. The highest BCUT2D eigenvalue weighted by Crippen LogP contribution is 2.25. The molecule has 0 N–H and O–H groups in total. The molecule has 4 rings (SSSR count). The van der Waals surface area contributed by atoms with E-state index in [-0.39, 0.29) is 17.7 Å². The average Bonchev–Trinajstić information content (AvgIpc) is 3.22. The molecule has 1 aliphatic heterocycles. The van der Waals surface area contributed by atoms with Gasteiger partial charge in [0.15, 0.2) is 9.84 Å². The number of sulfone groups is 1. The largest absolute Gasteiger partial charge is 0.335 e. The molecule has 29 heavy (non-hydrogen) atoms. The Morgan fingerprint density at radius 2 is 1.41 bits per heavy atom. The van der Waals surface area contributed by atoms with E-state index in [1.54, 1.807) is 35.2 Å². The Labute approximate surface area is 171 Å². The van der Waals surface area contributed by atoms with Crippen molar-refractivity contribution in [2.75, 3.05) is 12.3 Å². The molecule has 0 bridgehead atoms. The maximum atomic E-state index is 13.1. The molecule has 3 aromatic carbocycles. The van der Waals surface area contributed by atoms with Gasteiger partial charge in [-0.2, -0.15) is 0 Å². The Hall–Kier alpha value is -2.92. The van der Waals surface area contributed by atoms with Gasteiger partial charge >= 0.3 is 0 Å². The lowest BCUT2D eigenvalue weighted by Crippen LogP contribution is -2.39. The molecule has 0 saturated carbocycles. The van der Waals surface area contributed by atoms with Crippen LogP contribution in [0.4, 0.5) is 0 Å². The SMILES string of the molecule is O=C(c1ccc(-c2ccccc2)cc1)N1CCCC1CS(=O)(=O)c1ccccc1. The van der Waals surface area contributed by atoms with Crippen molar-refractivity contribution in [1.82, 2.24) is 4.90 Å². The first-order chi connectivity index (χ1) is 14.0. The molecular weight excluding hydrogens is 382 g/mol. The zero-order valence-corrected chi connectivity index (χ0v) is 16.9. The Kier molecular flexibility index (Phi) is 5.49. The van der Waals surface area contributed by atoms with Crippen LogP contribution in [0.1, 0.15) is 23.2 Å². The normalized spacial score (nSPS) is 16.7. The summed E-state index contributed by atoms with van der Waals surface area (Å²) in [6, 6.07) is 25.7. The van der Waals surface area contributed by atoms with E-state index in [0.717, 1.165) is 17.5 Å². The van der Waals surface area contributed by atoms with E-state index in [2.05, 4.69) is 0 Å². The lowest BCUT2D eigenvalue weighted by molar-refractivity contribution is 0.0749. The summed E-state index contributed by atoms with van der Waals surface area (Å²) in [5.74, 6) is -0.138. The highest BCUT2D eigenvalue weighted by atomic mass is 32.2. The van der Waals surface area contributed by atoms with Gasteiger partial charge in [-0.05, 0) is 48.2 Å². The Bertz CT molecular complexity index is 1080. The minimum atomic E-state index is -3.43. The summed E-state index contributed by atoms with van der Waals surface area (Å²) in [5.41, 5.74) is 2.74. The number of nitrogens with zero attached hydrogens (tertiary/aromatic N) is 1. The second-order valence-electron chi connectivity index (χ2n) is 7.33. The molecule has 0 aromatic heterocycles. The van der Waals surface area contributed by atoms with E-state index < -0.39 is 9.84 Å². The van der Waals surface area contributed by atoms with Crippen molar-refractivity contribution >= 4 is 15.7 Å². The molecule has 0 aliphatic carbocycles. The van der Waals surface area contributed by atoms with E-state index >= 15 is 0 Å². The van der Waals surface area contributed by atoms with Crippen molar-refractivity contribution in [3.8, 4) is 11.1 Å². The predicted molar refractivity (Wildman–Crippen MR) is 114 cm³/mol. The molecule has 1 amide bonds. The van der Waals surface area contributed by atoms with Crippen LogP contribution in [0.5, 0.6) is 0 Å². The summed E-state index contributed by atoms with van der Waals surface area (Å²) in [6.45, 7) is 0.592. The number of rotatable bonds is 5. The van der Waals surface area contributed by atoms with E-state index in [9.17, 15) is 13.2 Å². The number of carbonyl (C=O) groups excluding carboxylic acids is 1. The first-order valence-corrected chi connectivity index (χ1v) is 11.4. The zero-order valence-electron chi connectivity index (χ0n) is 16.1. The van der Waals surface area contributed by atoms with Crippen LogP contribution in [-0.4, -0.2) is 37.6 Å². The molecule has 1 atom stereocenters. The Balaban J connectivity index is 1.51. The maximum Gasteiger partial charge on any atom is 0.254 e. The van der Waals surface area contributed by atoms with Gasteiger partial charge in [0.05, 0.1) is 10.6 Å². The average molecular weight is 406 g/mol. The van der Waals surface area contributed by atoms with Gasteiger partial charge in [0.1, 0.15) is 0 Å². The molecule has 4 nitrogen and oxygen atoms in total. The molecule has 1 aliphatic rings. The third-order valence-electron chi connectivity index (χ3n) is 5.39. The second kappa shape index (κ2) is 8.21. The Morgan fingerprint density at radius 1 is 0.828 bits per heavy atom. The third-order valence-corrected chi connectivity index (χ3v) is 7.21. The lowest BCUT2D eigenvalue weighted by atomic mass is 10.0. The van der Waals surface area contributed by atoms with Crippen LogP contribution in [0.2, 0.25) is 0 Å². The van der Waals surface area contributed by atoms with Gasteiger partial charge < -0.3 is 4.90 Å². The highest BCUT2D eigenvalue weighted by molar-refractivity contribution is 7.91. The van der Waals surface area contributed by atoms with Crippen molar-refractivity contribution in [1.29, 1.82) is 0 Å². The fourth-order valence-corrected chi connectivity index (χ4v) is 5.47. The smallest absolute Gasteiger partial charge is 0.254 e. The molecule has 1 fully saturated rings. The van der Waals surface area contributed by atoms with Gasteiger partial charge in [-0.3, -0.25) is 4.79 Å². The van der Waals surface area contributed by atoms with Gasteiger partial charge in [0.2, 0.25) is 0 Å². The van der Waals surface area contributed by atoms with E-state index in [1.165, 1.54) is 0 Å². The fraction of sp³-hybridized carbons (Fsp3) is 0.208. The number of likely N-dealkylation sites (tertiary alicyclic amines) is 1. The van der Waals surface area contributed by atoms with Gasteiger partial charge in [-0.25, -0.2) is 8.42 Å². The van der Waals surface area contributed by atoms with Crippen LogP contribution in [0, 0.1) is 0 Å². The van der Waals surface area contributed by atoms with Crippen LogP contribution < -0.4 is 0 Å². The molecule has 1 heterocycles. The van der Waals surface area contributed by atoms with E-state index in [0.29, 0.717) is 23.4 Å². The van der Waals surface area contributed by atoms with Crippen molar-refractivity contribution in [2.45, 2.75) is 23.8 Å². The van der Waals surface area contributed by atoms with Crippen molar-refractivity contribution in [2.24, 2.45) is 0 Å². The van der Waals surface area contributed by atoms with Crippen LogP contribution in [0.25, 0.3) is 11.1 Å². The molecule has 1 unspecified atom stereocenters. The van der Waals surface area contributed by atoms with Crippen molar-refractivity contribution < 1.29 is 13.2 Å². The third kappa shape index (κ3) is 4.25. The number of benzene rings is 3. The number of amides is 1. The predicted octanol–water partition coefficient (Wildman–Crippen LogP) is 4.43. The van der Waals surface area contributed by atoms with Crippen LogP contribution >= 0.6 is 0 Å². The summed E-state index contributed by atoms with van der Waals surface area (Å²) in [7, 11) is -3.43. The number of hydrogen-bond acceptors (Lipinski definition) is 3. The van der Waals surface area contributed by atoms with E-state index in [4.69, 9.17) is 0 Å². The monoisotopic (exact) mass is 405 g/mol. The molecule has 148 valence electrons. The quantitative estimate of drug-likeness (QED) is 0.631. The zero-order chi connectivity index (χ0) is 20.3. The maximum absolute atomic E-state index is 13.1. The first-order valence-electron chi connectivity index (χ1n) is 9.79. The van der Waals surface area contributed by atoms with Gasteiger partial charge in [0.25, 0.3) is 5.91 Å². The summed E-state index contributed by atoms with van der Waals surface area (Å²) in [5, 5.41) is 0. The van der Waals surface area contributed by atoms with Crippen molar-refractivity contribution in [3.63, 3.8) is 0 Å². The molecule has 0 radical (unpaired) electrons. The van der Waals surface area contributed by atoms with Crippen LogP contribution in [0.3, 0.4) is 0 Å². The van der Waals surface area contributed by atoms with Crippen LogP contribution in [0.15, 0.2) is 89.8 Å². The first kappa shape index (κ1) is 19.4. The molecule has 5 heteroatoms. The highest BCUT2D eigenvalue weighted by Gasteiger charge is 2.33. The molecule has 3 aromatic rings. The minimum Gasteiger partial charge on any atom is -0.335 e. The number of hydrogen-bond donors (Lipinski definition) is 0. The molecular formula is C24H23NO3S. The van der Waals surface area contributed by atoms with Crippen LogP contribution in [-0.2, 0) is 9.84 Å². The van der Waals surface area contributed by atoms with E-state index in [1.807, 2.05) is 54.6 Å². The summed E-state index contributed by atoms with van der Waals surface area (Å²) in [4.78, 5) is 15.1. The standard InChI is InChI=1S/C24H23NO3S/c26-24(21-15-13-20(14-16-21)19-8-3-1-4-9-19)25-17-7-10-22(25)18-29(27,28)23-11-5-2-6-12-23/h1-6,8-9,11-16,22H,7,10,17-18H2. The lowest BCUT2D eigenvalue weighted by Gasteiger charge is -2.25. The Morgan fingerprint density at radius 3 is 2.07 bits per heavy atom. The molecule has 1 saturated heterocycles. The van der Waals surface area contributed by atoms with Gasteiger partial charge in [-0.1, -0.05) is 60.7 Å². The number of carbonyl (C=O) groups is 1. The van der Waals surface area contributed by atoms with Gasteiger partial charge in [0, 0.05) is 18.2 Å². The minimum absolute atomic E-state index is 0.0369. The summed E-state index contributed by atoms with van der Waals surface area (Å²) in [6.07, 6.45) is 1.53. The van der Waals surface area contributed by atoms with Gasteiger partial charge in [-0.15, -0.1) is 0 Å². The second-order valence-corrected chi connectivity index (χ2v) is 9.37. The fourth-order valence-electron chi connectivity index (χ4n) is 3.86. The topological polar surface area (TPSA) is 54.5 Å².